The fraction of sp³-hybridized carbons (Fsp3) is 0.391. The SMILES string of the molecule is COc1cc(C(C)=O)ccc1OCC(=O)Nc1c(C(C)C)cccc1C(C)C. The molecule has 0 aliphatic heterocycles. The molecular weight excluding hydrogens is 354 g/mol. The van der Waals surface area contributed by atoms with E-state index in [2.05, 4.69) is 33.0 Å². The summed E-state index contributed by atoms with van der Waals surface area (Å²) in [5.74, 6) is 1.11. The van der Waals surface area contributed by atoms with Crippen molar-refractivity contribution in [2.24, 2.45) is 0 Å². The number of hydrogen-bond acceptors (Lipinski definition) is 4. The Labute approximate surface area is 167 Å². The molecule has 1 amide bonds. The molecule has 28 heavy (non-hydrogen) atoms. The number of para-hydroxylation sites is 1. The predicted molar refractivity (Wildman–Crippen MR) is 112 cm³/mol. The van der Waals surface area contributed by atoms with E-state index in [9.17, 15) is 9.59 Å². The fourth-order valence-corrected chi connectivity index (χ4v) is 3.02. The van der Waals surface area contributed by atoms with Gasteiger partial charge in [-0.1, -0.05) is 45.9 Å². The van der Waals surface area contributed by atoms with Crippen molar-refractivity contribution in [3.8, 4) is 11.5 Å². The van der Waals surface area contributed by atoms with Gasteiger partial charge in [0, 0.05) is 11.3 Å². The van der Waals surface area contributed by atoms with Gasteiger partial charge in [0.2, 0.25) is 0 Å². The molecule has 0 saturated heterocycles. The summed E-state index contributed by atoms with van der Waals surface area (Å²) < 4.78 is 10.9. The molecule has 0 aliphatic rings. The van der Waals surface area contributed by atoms with E-state index < -0.39 is 0 Å². The number of anilines is 1. The highest BCUT2D eigenvalue weighted by Crippen LogP contribution is 2.32. The van der Waals surface area contributed by atoms with Crippen LogP contribution in [0.2, 0.25) is 0 Å². The van der Waals surface area contributed by atoms with E-state index in [-0.39, 0.29) is 30.1 Å². The van der Waals surface area contributed by atoms with E-state index in [1.54, 1.807) is 18.2 Å². The smallest absolute Gasteiger partial charge is 0.262 e. The zero-order valence-electron chi connectivity index (χ0n) is 17.5. The summed E-state index contributed by atoms with van der Waals surface area (Å²) in [5.41, 5.74) is 3.59. The number of ketones is 1. The molecule has 0 unspecified atom stereocenters. The van der Waals surface area contributed by atoms with Crippen LogP contribution in [-0.4, -0.2) is 25.4 Å². The van der Waals surface area contributed by atoms with Crippen LogP contribution in [0.25, 0.3) is 0 Å². The monoisotopic (exact) mass is 383 g/mol. The van der Waals surface area contributed by atoms with Crippen molar-refractivity contribution in [2.45, 2.75) is 46.5 Å². The zero-order chi connectivity index (χ0) is 20.8. The standard InChI is InChI=1S/C23H29NO4/c1-14(2)18-8-7-9-19(15(3)4)23(18)24-22(26)13-28-20-11-10-17(16(5)25)12-21(20)27-6/h7-12,14-15H,13H2,1-6H3,(H,24,26). The molecule has 0 spiro atoms. The maximum Gasteiger partial charge on any atom is 0.262 e. The van der Waals surface area contributed by atoms with E-state index in [1.165, 1.54) is 14.0 Å². The Morgan fingerprint density at radius 3 is 2.07 bits per heavy atom. The lowest BCUT2D eigenvalue weighted by Crippen LogP contribution is -2.22. The van der Waals surface area contributed by atoms with Gasteiger partial charge in [0.05, 0.1) is 7.11 Å². The molecule has 0 aliphatic carbocycles. The van der Waals surface area contributed by atoms with Crippen molar-refractivity contribution in [2.75, 3.05) is 19.0 Å². The van der Waals surface area contributed by atoms with Crippen LogP contribution in [0.3, 0.4) is 0 Å². The molecule has 1 N–H and O–H groups in total. The lowest BCUT2D eigenvalue weighted by atomic mass is 9.92. The Bertz CT molecular complexity index is 829. The number of ether oxygens (including phenoxy) is 2. The molecule has 2 rings (SSSR count). The molecule has 0 bridgehead atoms. The molecule has 0 radical (unpaired) electrons. The van der Waals surface area contributed by atoms with Gasteiger partial charge >= 0.3 is 0 Å². The van der Waals surface area contributed by atoms with Crippen LogP contribution < -0.4 is 14.8 Å². The normalized spacial score (nSPS) is 10.9. The topological polar surface area (TPSA) is 64.6 Å². The summed E-state index contributed by atoms with van der Waals surface area (Å²) in [5, 5.41) is 3.02. The van der Waals surface area contributed by atoms with Crippen molar-refractivity contribution in [3.05, 3.63) is 53.1 Å². The van der Waals surface area contributed by atoms with Crippen LogP contribution in [0.15, 0.2) is 36.4 Å². The number of carbonyl (C=O) groups excluding carboxylic acids is 2. The first-order chi connectivity index (χ1) is 13.2. The van der Waals surface area contributed by atoms with Gasteiger partial charge in [-0.05, 0) is 48.1 Å². The highest BCUT2D eigenvalue weighted by molar-refractivity contribution is 5.95. The molecule has 5 heteroatoms. The number of methoxy groups -OCH3 is 1. The van der Waals surface area contributed by atoms with Crippen LogP contribution in [0, 0.1) is 0 Å². The average molecular weight is 383 g/mol. The first-order valence-corrected chi connectivity index (χ1v) is 9.49. The van der Waals surface area contributed by atoms with Crippen LogP contribution in [0.4, 0.5) is 5.69 Å². The fourth-order valence-electron chi connectivity index (χ4n) is 3.02. The minimum Gasteiger partial charge on any atom is -0.493 e. The minimum absolute atomic E-state index is 0.0610. The number of nitrogens with one attached hydrogen (secondary N) is 1. The molecule has 0 fully saturated rings. The van der Waals surface area contributed by atoms with Crippen molar-refractivity contribution in [3.63, 3.8) is 0 Å². The first kappa shape index (κ1) is 21.5. The van der Waals surface area contributed by atoms with Crippen LogP contribution in [-0.2, 0) is 4.79 Å². The summed E-state index contributed by atoms with van der Waals surface area (Å²) in [6, 6.07) is 11.0. The summed E-state index contributed by atoms with van der Waals surface area (Å²) in [6.07, 6.45) is 0. The Morgan fingerprint density at radius 1 is 0.964 bits per heavy atom. The van der Waals surface area contributed by atoms with Crippen molar-refractivity contribution < 1.29 is 19.1 Å². The quantitative estimate of drug-likeness (QED) is 0.639. The van der Waals surface area contributed by atoms with E-state index in [1.807, 2.05) is 18.2 Å². The number of amides is 1. The van der Waals surface area contributed by atoms with Crippen molar-refractivity contribution >= 4 is 17.4 Å². The minimum atomic E-state index is -0.243. The molecule has 0 saturated carbocycles. The van der Waals surface area contributed by atoms with E-state index >= 15 is 0 Å². The second-order valence-corrected chi connectivity index (χ2v) is 7.38. The highest BCUT2D eigenvalue weighted by Gasteiger charge is 2.17. The first-order valence-electron chi connectivity index (χ1n) is 9.49. The maximum atomic E-state index is 12.6. The van der Waals surface area contributed by atoms with Crippen molar-refractivity contribution in [1.82, 2.24) is 0 Å². The third-order valence-electron chi connectivity index (χ3n) is 4.57. The molecule has 0 atom stereocenters. The van der Waals surface area contributed by atoms with Gasteiger partial charge in [-0.2, -0.15) is 0 Å². The van der Waals surface area contributed by atoms with E-state index in [4.69, 9.17) is 9.47 Å². The Kier molecular flexibility index (Phi) is 7.21. The van der Waals surface area contributed by atoms with E-state index in [0.717, 1.165) is 16.8 Å². The van der Waals surface area contributed by atoms with Crippen LogP contribution in [0.5, 0.6) is 11.5 Å². The van der Waals surface area contributed by atoms with Gasteiger partial charge < -0.3 is 14.8 Å². The summed E-state index contributed by atoms with van der Waals surface area (Å²) in [4.78, 5) is 24.1. The van der Waals surface area contributed by atoms with Crippen LogP contribution in [0.1, 0.15) is 67.9 Å². The van der Waals surface area contributed by atoms with Crippen LogP contribution >= 0.6 is 0 Å². The van der Waals surface area contributed by atoms with Crippen molar-refractivity contribution in [1.29, 1.82) is 0 Å². The maximum absolute atomic E-state index is 12.6. The second kappa shape index (κ2) is 9.40. The molecule has 150 valence electrons. The number of benzene rings is 2. The number of hydrogen-bond donors (Lipinski definition) is 1. The summed E-state index contributed by atoms with van der Waals surface area (Å²) in [6.45, 7) is 9.75. The third-order valence-corrected chi connectivity index (χ3v) is 4.57. The number of rotatable bonds is 8. The Morgan fingerprint density at radius 2 is 1.57 bits per heavy atom. The van der Waals surface area contributed by atoms with Gasteiger partial charge in [-0.25, -0.2) is 0 Å². The highest BCUT2D eigenvalue weighted by atomic mass is 16.5. The van der Waals surface area contributed by atoms with Gasteiger partial charge in [0.1, 0.15) is 0 Å². The molecule has 0 heterocycles. The Balaban J connectivity index is 2.17. The lowest BCUT2D eigenvalue weighted by Gasteiger charge is -2.20. The average Bonchev–Trinajstić information content (AvgIpc) is 2.65. The zero-order valence-corrected chi connectivity index (χ0v) is 17.5. The number of carbonyl (C=O) groups is 2. The molecule has 5 nitrogen and oxygen atoms in total. The second-order valence-electron chi connectivity index (χ2n) is 7.38. The van der Waals surface area contributed by atoms with Gasteiger partial charge in [-0.3, -0.25) is 9.59 Å². The third kappa shape index (κ3) is 5.12. The molecule has 2 aromatic rings. The van der Waals surface area contributed by atoms with Gasteiger partial charge in [0.15, 0.2) is 23.9 Å². The largest absolute Gasteiger partial charge is 0.493 e. The van der Waals surface area contributed by atoms with E-state index in [0.29, 0.717) is 17.1 Å². The lowest BCUT2D eigenvalue weighted by molar-refractivity contribution is -0.118. The molecular formula is C23H29NO4. The Hall–Kier alpha value is -2.82. The summed E-state index contributed by atoms with van der Waals surface area (Å²) in [7, 11) is 1.50. The van der Waals surface area contributed by atoms with Gasteiger partial charge in [0.25, 0.3) is 5.91 Å². The summed E-state index contributed by atoms with van der Waals surface area (Å²) >= 11 is 0. The molecule has 0 aromatic heterocycles. The molecule has 2 aromatic carbocycles. The predicted octanol–water partition coefficient (Wildman–Crippen LogP) is 5.16. The number of Topliss-reactive ketones (excluding diaryl/α,β-unsaturated/α-hetero) is 1. The van der Waals surface area contributed by atoms with Gasteiger partial charge in [-0.15, -0.1) is 0 Å².